The minimum absolute atomic E-state index is 0.119. The molecule has 0 spiro atoms. The Morgan fingerprint density at radius 1 is 1.22 bits per heavy atom. The predicted octanol–water partition coefficient (Wildman–Crippen LogP) is 3.07. The molecule has 0 aromatic heterocycles. The highest BCUT2D eigenvalue weighted by Gasteiger charge is 2.46. The number of ether oxygens (including phenoxy) is 2. The summed E-state index contributed by atoms with van der Waals surface area (Å²) in [5.74, 6) is 0.722. The quantitative estimate of drug-likeness (QED) is 0.768. The summed E-state index contributed by atoms with van der Waals surface area (Å²) in [6, 6.07) is 7.82. The fourth-order valence-electron chi connectivity index (χ4n) is 2.46. The van der Waals surface area contributed by atoms with Crippen molar-refractivity contribution in [2.45, 2.75) is 44.6 Å². The molecule has 18 heavy (non-hydrogen) atoms. The maximum absolute atomic E-state index is 11.9. The van der Waals surface area contributed by atoms with Crippen LogP contribution in [0.5, 0.6) is 5.75 Å². The van der Waals surface area contributed by atoms with Gasteiger partial charge in [-0.1, -0.05) is 18.6 Å². The molecule has 3 heteroatoms. The van der Waals surface area contributed by atoms with E-state index in [1.807, 2.05) is 38.1 Å². The third-order valence-electron chi connectivity index (χ3n) is 3.56. The maximum Gasteiger partial charge on any atom is 0.316 e. The Bertz CT molecular complexity index is 416. The highest BCUT2D eigenvalue weighted by atomic mass is 16.5. The monoisotopic (exact) mass is 248 g/mol. The molecular formula is C15H20O3. The van der Waals surface area contributed by atoms with Gasteiger partial charge in [-0.2, -0.15) is 0 Å². The molecule has 0 amide bonds. The first-order valence-electron chi connectivity index (χ1n) is 6.44. The third kappa shape index (κ3) is 2.22. The van der Waals surface area contributed by atoms with Crippen LogP contribution in [0, 0.1) is 0 Å². The Morgan fingerprint density at radius 3 is 2.22 bits per heavy atom. The predicted molar refractivity (Wildman–Crippen MR) is 69.8 cm³/mol. The van der Waals surface area contributed by atoms with Crippen LogP contribution in [0.25, 0.3) is 0 Å². The first-order chi connectivity index (χ1) is 8.58. The SMILES string of the molecule is COC(=O)C1(c2ccc(OC(C)C)cc2)CCC1. The molecule has 1 saturated carbocycles. The van der Waals surface area contributed by atoms with Crippen LogP contribution in [0.3, 0.4) is 0 Å². The molecule has 1 aliphatic carbocycles. The van der Waals surface area contributed by atoms with Crippen molar-refractivity contribution in [3.63, 3.8) is 0 Å². The van der Waals surface area contributed by atoms with Crippen LogP contribution < -0.4 is 4.74 Å². The lowest BCUT2D eigenvalue weighted by molar-refractivity contribution is -0.151. The fourth-order valence-corrected chi connectivity index (χ4v) is 2.46. The molecule has 1 aromatic rings. The highest BCUT2D eigenvalue weighted by Crippen LogP contribution is 2.45. The average Bonchev–Trinajstić information content (AvgIpc) is 2.29. The van der Waals surface area contributed by atoms with Crippen molar-refractivity contribution < 1.29 is 14.3 Å². The number of esters is 1. The highest BCUT2D eigenvalue weighted by molar-refractivity contribution is 5.84. The van der Waals surface area contributed by atoms with E-state index < -0.39 is 5.41 Å². The second kappa shape index (κ2) is 5.01. The molecule has 0 unspecified atom stereocenters. The first-order valence-corrected chi connectivity index (χ1v) is 6.44. The van der Waals surface area contributed by atoms with E-state index in [2.05, 4.69) is 0 Å². The molecule has 0 aliphatic heterocycles. The number of hydrogen-bond acceptors (Lipinski definition) is 3. The van der Waals surface area contributed by atoms with Crippen LogP contribution in [-0.4, -0.2) is 19.2 Å². The Labute approximate surface area is 108 Å². The molecule has 3 nitrogen and oxygen atoms in total. The topological polar surface area (TPSA) is 35.5 Å². The van der Waals surface area contributed by atoms with Crippen LogP contribution in [0.1, 0.15) is 38.7 Å². The normalized spacial score (nSPS) is 17.1. The molecule has 98 valence electrons. The number of benzene rings is 1. The lowest BCUT2D eigenvalue weighted by Crippen LogP contribution is -2.43. The van der Waals surface area contributed by atoms with Crippen LogP contribution in [0.4, 0.5) is 0 Å². The molecule has 2 rings (SSSR count). The summed E-state index contributed by atoms with van der Waals surface area (Å²) in [5, 5.41) is 0. The van der Waals surface area contributed by atoms with E-state index in [1.54, 1.807) is 0 Å². The molecule has 0 radical (unpaired) electrons. The van der Waals surface area contributed by atoms with Crippen LogP contribution in [0.2, 0.25) is 0 Å². The van der Waals surface area contributed by atoms with Gasteiger partial charge in [0, 0.05) is 0 Å². The van der Waals surface area contributed by atoms with Gasteiger partial charge in [0.2, 0.25) is 0 Å². The van der Waals surface area contributed by atoms with Crippen LogP contribution >= 0.6 is 0 Å². The van der Waals surface area contributed by atoms with Crippen molar-refractivity contribution in [3.05, 3.63) is 29.8 Å². The Morgan fingerprint density at radius 2 is 1.83 bits per heavy atom. The van der Waals surface area contributed by atoms with Gasteiger partial charge in [0.1, 0.15) is 5.75 Å². The summed E-state index contributed by atoms with van der Waals surface area (Å²) in [6.45, 7) is 3.99. The summed E-state index contributed by atoms with van der Waals surface area (Å²) in [5.41, 5.74) is 0.627. The van der Waals surface area contributed by atoms with E-state index in [4.69, 9.17) is 9.47 Å². The maximum atomic E-state index is 11.9. The molecule has 0 saturated heterocycles. The Kier molecular flexibility index (Phi) is 3.60. The van der Waals surface area contributed by atoms with E-state index >= 15 is 0 Å². The summed E-state index contributed by atoms with van der Waals surface area (Å²) in [7, 11) is 1.46. The van der Waals surface area contributed by atoms with Crippen molar-refractivity contribution in [3.8, 4) is 5.75 Å². The van der Waals surface area contributed by atoms with Crippen molar-refractivity contribution in [2.24, 2.45) is 0 Å². The third-order valence-corrected chi connectivity index (χ3v) is 3.56. The summed E-state index contributed by atoms with van der Waals surface area (Å²) in [6.07, 6.45) is 3.00. The zero-order valence-electron chi connectivity index (χ0n) is 11.2. The van der Waals surface area contributed by atoms with Gasteiger partial charge in [-0.05, 0) is 44.4 Å². The van der Waals surface area contributed by atoms with Gasteiger partial charge in [0.05, 0.1) is 18.6 Å². The molecule has 1 aromatic carbocycles. The van der Waals surface area contributed by atoms with Gasteiger partial charge < -0.3 is 9.47 Å². The summed E-state index contributed by atoms with van der Waals surface area (Å²) < 4.78 is 10.5. The molecule has 0 heterocycles. The molecule has 0 atom stereocenters. The molecule has 1 aliphatic rings. The molecular weight excluding hydrogens is 228 g/mol. The van der Waals surface area contributed by atoms with Gasteiger partial charge >= 0.3 is 5.97 Å². The zero-order chi connectivity index (χ0) is 13.2. The second-order valence-corrected chi connectivity index (χ2v) is 5.12. The van der Waals surface area contributed by atoms with E-state index in [0.717, 1.165) is 30.6 Å². The van der Waals surface area contributed by atoms with Crippen molar-refractivity contribution in [1.29, 1.82) is 0 Å². The average molecular weight is 248 g/mol. The largest absolute Gasteiger partial charge is 0.491 e. The van der Waals surface area contributed by atoms with Gasteiger partial charge in [-0.25, -0.2) is 0 Å². The van der Waals surface area contributed by atoms with Gasteiger partial charge in [-0.3, -0.25) is 4.79 Å². The number of carbonyl (C=O) groups excluding carboxylic acids is 1. The van der Waals surface area contributed by atoms with Crippen molar-refractivity contribution >= 4 is 5.97 Å². The van der Waals surface area contributed by atoms with E-state index in [1.165, 1.54) is 7.11 Å². The number of rotatable bonds is 4. The smallest absolute Gasteiger partial charge is 0.316 e. The standard InChI is InChI=1S/C15H20O3/c1-11(2)18-13-7-5-12(6-8-13)15(9-4-10-15)14(16)17-3/h5-8,11H,4,9-10H2,1-3H3. The number of methoxy groups -OCH3 is 1. The molecule has 0 N–H and O–H groups in total. The van der Waals surface area contributed by atoms with Gasteiger partial charge in [0.25, 0.3) is 0 Å². The van der Waals surface area contributed by atoms with Gasteiger partial charge in [0.15, 0.2) is 0 Å². The Hall–Kier alpha value is -1.51. The van der Waals surface area contributed by atoms with Crippen LogP contribution in [0.15, 0.2) is 24.3 Å². The van der Waals surface area contributed by atoms with E-state index in [0.29, 0.717) is 0 Å². The van der Waals surface area contributed by atoms with Crippen molar-refractivity contribution in [2.75, 3.05) is 7.11 Å². The van der Waals surface area contributed by atoms with Crippen LogP contribution in [-0.2, 0) is 14.9 Å². The van der Waals surface area contributed by atoms with Crippen molar-refractivity contribution in [1.82, 2.24) is 0 Å². The summed E-state index contributed by atoms with van der Waals surface area (Å²) in [4.78, 5) is 11.9. The Balaban J connectivity index is 2.20. The van der Waals surface area contributed by atoms with E-state index in [-0.39, 0.29) is 12.1 Å². The second-order valence-electron chi connectivity index (χ2n) is 5.12. The lowest BCUT2D eigenvalue weighted by Gasteiger charge is -2.39. The lowest BCUT2D eigenvalue weighted by atomic mass is 9.64. The minimum atomic E-state index is -0.412. The minimum Gasteiger partial charge on any atom is -0.491 e. The fraction of sp³-hybridized carbons (Fsp3) is 0.533. The zero-order valence-corrected chi connectivity index (χ0v) is 11.2. The van der Waals surface area contributed by atoms with E-state index in [9.17, 15) is 4.79 Å². The molecule has 0 bridgehead atoms. The van der Waals surface area contributed by atoms with Gasteiger partial charge in [-0.15, -0.1) is 0 Å². The number of carbonyl (C=O) groups is 1. The molecule has 1 fully saturated rings. The first kappa shape index (κ1) is 12.9. The number of hydrogen-bond donors (Lipinski definition) is 0. The summed E-state index contributed by atoms with van der Waals surface area (Å²) >= 11 is 0.